The maximum atomic E-state index is 9.50. The Bertz CT molecular complexity index is 983. The molecule has 0 aliphatic heterocycles. The first-order chi connectivity index (χ1) is 18.3. The fourth-order valence-corrected chi connectivity index (χ4v) is 4.21. The minimum Gasteiger partial charge on any atom is -0.494 e. The Hall–Kier alpha value is -3.24. The summed E-state index contributed by atoms with van der Waals surface area (Å²) in [6.45, 7) is 3.65. The molecule has 0 radical (unpaired) electrons. The Morgan fingerprint density at radius 3 is 1.95 bits per heavy atom. The zero-order valence-corrected chi connectivity index (χ0v) is 22.7. The highest BCUT2D eigenvalue weighted by Gasteiger charge is 2.04. The van der Waals surface area contributed by atoms with Gasteiger partial charge in [0, 0.05) is 0 Å². The summed E-state index contributed by atoms with van der Waals surface area (Å²) in [5, 5.41) is 18.3. The maximum Gasteiger partial charge on any atom is 0.137 e. The number of nitrogens with zero attached hydrogens (tertiary/aromatic N) is 2. The van der Waals surface area contributed by atoms with Crippen LogP contribution in [-0.2, 0) is 0 Å². The molecule has 37 heavy (non-hydrogen) atoms. The van der Waals surface area contributed by atoms with Crippen molar-refractivity contribution in [3.8, 4) is 23.6 Å². The Kier molecular flexibility index (Phi) is 16.1. The number of nitriles is 2. The average molecular weight is 501 g/mol. The highest BCUT2D eigenvalue weighted by atomic mass is 16.5. The van der Waals surface area contributed by atoms with Crippen LogP contribution in [0.15, 0.2) is 48.5 Å². The van der Waals surface area contributed by atoms with Gasteiger partial charge in [0.25, 0.3) is 0 Å². The minimum absolute atomic E-state index is 0.621. The molecule has 0 heterocycles. The van der Waals surface area contributed by atoms with E-state index >= 15 is 0 Å². The molecule has 2 aromatic carbocycles. The quantitative estimate of drug-likeness (QED) is 0.170. The van der Waals surface area contributed by atoms with E-state index in [9.17, 15) is 5.26 Å². The molecule has 0 aliphatic carbocycles. The fraction of sp³-hybridized carbons (Fsp3) is 0.515. The number of allylic oxidation sites excluding steroid dienone is 1. The zero-order chi connectivity index (χ0) is 26.4. The van der Waals surface area contributed by atoms with Crippen LogP contribution >= 0.6 is 0 Å². The van der Waals surface area contributed by atoms with Crippen LogP contribution in [0.5, 0.6) is 11.5 Å². The van der Waals surface area contributed by atoms with Crippen molar-refractivity contribution in [2.24, 2.45) is 0 Å². The van der Waals surface area contributed by atoms with Gasteiger partial charge in [0.05, 0.1) is 30.4 Å². The third-order valence-corrected chi connectivity index (χ3v) is 6.46. The van der Waals surface area contributed by atoms with Crippen LogP contribution in [0.4, 0.5) is 0 Å². The van der Waals surface area contributed by atoms with Gasteiger partial charge in [-0.3, -0.25) is 0 Å². The monoisotopic (exact) mass is 500 g/mol. The minimum atomic E-state index is 0.621. The zero-order valence-electron chi connectivity index (χ0n) is 22.7. The summed E-state index contributed by atoms with van der Waals surface area (Å²) in [5.74, 6) is 1.54. The van der Waals surface area contributed by atoms with E-state index in [1.807, 2.05) is 30.3 Å². The highest BCUT2D eigenvalue weighted by molar-refractivity contribution is 5.56. The van der Waals surface area contributed by atoms with Gasteiger partial charge >= 0.3 is 0 Å². The molecule has 4 heteroatoms. The lowest BCUT2D eigenvalue weighted by molar-refractivity contribution is 0.303. The van der Waals surface area contributed by atoms with Gasteiger partial charge in [-0.15, -0.1) is 0 Å². The molecule has 0 amide bonds. The second-order valence-corrected chi connectivity index (χ2v) is 9.63. The van der Waals surface area contributed by atoms with Crippen molar-refractivity contribution in [3.63, 3.8) is 0 Å². The van der Waals surface area contributed by atoms with Crippen LogP contribution in [0, 0.1) is 22.7 Å². The Morgan fingerprint density at radius 2 is 1.30 bits per heavy atom. The van der Waals surface area contributed by atoms with Crippen molar-refractivity contribution in [1.29, 1.82) is 10.5 Å². The first-order valence-electron chi connectivity index (χ1n) is 14.2. The van der Waals surface area contributed by atoms with Crippen molar-refractivity contribution in [3.05, 3.63) is 65.2 Å². The van der Waals surface area contributed by atoms with Gasteiger partial charge in [0.1, 0.15) is 17.6 Å². The molecule has 2 aromatic rings. The van der Waals surface area contributed by atoms with Gasteiger partial charge in [-0.2, -0.15) is 10.5 Å². The molecule has 0 spiro atoms. The van der Waals surface area contributed by atoms with Crippen LogP contribution in [0.3, 0.4) is 0 Å². The topological polar surface area (TPSA) is 66.0 Å². The molecule has 0 saturated carbocycles. The summed E-state index contributed by atoms with van der Waals surface area (Å²) in [6.07, 6.45) is 21.3. The van der Waals surface area contributed by atoms with E-state index in [1.165, 1.54) is 70.6 Å². The van der Waals surface area contributed by atoms with Crippen LogP contribution in [-0.4, -0.2) is 13.2 Å². The largest absolute Gasteiger partial charge is 0.494 e. The third-order valence-electron chi connectivity index (χ3n) is 6.46. The number of hydrogen-bond donors (Lipinski definition) is 0. The molecule has 198 valence electrons. The van der Waals surface area contributed by atoms with Crippen LogP contribution in [0.25, 0.3) is 6.08 Å². The van der Waals surface area contributed by atoms with E-state index in [-0.39, 0.29) is 0 Å². The first kappa shape index (κ1) is 30.0. The van der Waals surface area contributed by atoms with Crippen LogP contribution in [0.1, 0.15) is 114 Å². The third kappa shape index (κ3) is 13.6. The summed E-state index contributed by atoms with van der Waals surface area (Å²) in [7, 11) is 0. The molecule has 0 aromatic heterocycles. The molecule has 0 aliphatic rings. The van der Waals surface area contributed by atoms with Crippen molar-refractivity contribution in [2.45, 2.75) is 96.8 Å². The van der Waals surface area contributed by atoms with Crippen molar-refractivity contribution in [2.75, 3.05) is 13.2 Å². The van der Waals surface area contributed by atoms with Gasteiger partial charge < -0.3 is 9.47 Å². The molecular formula is C33H44N2O2. The Balaban J connectivity index is 1.49. The van der Waals surface area contributed by atoms with E-state index < -0.39 is 0 Å². The van der Waals surface area contributed by atoms with E-state index in [4.69, 9.17) is 14.7 Å². The molecule has 4 nitrogen and oxygen atoms in total. The predicted octanol–water partition coefficient (Wildman–Crippen LogP) is 9.38. The van der Waals surface area contributed by atoms with Crippen LogP contribution in [0.2, 0.25) is 0 Å². The molecule has 0 fully saturated rings. The van der Waals surface area contributed by atoms with Gasteiger partial charge in [-0.25, -0.2) is 0 Å². The van der Waals surface area contributed by atoms with Gasteiger partial charge in [-0.1, -0.05) is 89.4 Å². The molecule has 0 bridgehead atoms. The lowest BCUT2D eigenvalue weighted by Gasteiger charge is -2.08. The molecule has 0 N–H and O–H groups in total. The van der Waals surface area contributed by atoms with E-state index in [0.29, 0.717) is 23.5 Å². The smallest absolute Gasteiger partial charge is 0.137 e. The summed E-state index contributed by atoms with van der Waals surface area (Å²) >= 11 is 0. The van der Waals surface area contributed by atoms with Gasteiger partial charge in [0.2, 0.25) is 0 Å². The standard InChI is InChI=1S/C33H44N2O2/c1-2-3-4-5-12-16-25-37-33-23-20-29(26-31(33)28-35)17-14-11-9-7-6-8-10-13-15-24-36-32-21-18-30(27-34)19-22-32/h14,17-23,26H,2-13,15-16,24-25H2,1H3/b17-14+. The van der Waals surface area contributed by atoms with Crippen molar-refractivity contribution >= 4 is 6.08 Å². The molecule has 0 atom stereocenters. The number of benzene rings is 2. The van der Waals surface area contributed by atoms with Gasteiger partial charge in [-0.05, 0) is 67.6 Å². The number of rotatable bonds is 20. The van der Waals surface area contributed by atoms with E-state index in [1.54, 1.807) is 12.1 Å². The fourth-order valence-electron chi connectivity index (χ4n) is 4.21. The molecule has 2 rings (SSSR count). The summed E-state index contributed by atoms with van der Waals surface area (Å²) < 4.78 is 11.6. The second kappa shape index (κ2) is 19.9. The predicted molar refractivity (Wildman–Crippen MR) is 153 cm³/mol. The van der Waals surface area contributed by atoms with Crippen molar-refractivity contribution < 1.29 is 9.47 Å². The Labute approximate surface area is 224 Å². The molecule has 0 unspecified atom stereocenters. The lowest BCUT2D eigenvalue weighted by Crippen LogP contribution is -1.99. The first-order valence-corrected chi connectivity index (χ1v) is 14.2. The SMILES string of the molecule is CCCCCCCCOc1ccc(/C=C/CCCCCCCCCOc2ccc(C#N)cc2)cc1C#N. The van der Waals surface area contributed by atoms with Gasteiger partial charge in [0.15, 0.2) is 0 Å². The highest BCUT2D eigenvalue weighted by Crippen LogP contribution is 2.21. The maximum absolute atomic E-state index is 9.50. The molecular weight excluding hydrogens is 456 g/mol. The molecule has 0 saturated heterocycles. The van der Waals surface area contributed by atoms with E-state index in [0.717, 1.165) is 37.2 Å². The van der Waals surface area contributed by atoms with Crippen LogP contribution < -0.4 is 9.47 Å². The second-order valence-electron chi connectivity index (χ2n) is 9.63. The summed E-state index contributed by atoms with van der Waals surface area (Å²) in [5.41, 5.74) is 2.34. The Morgan fingerprint density at radius 1 is 0.676 bits per heavy atom. The normalized spacial score (nSPS) is 10.8. The summed E-state index contributed by atoms with van der Waals surface area (Å²) in [6, 6.07) is 17.6. The van der Waals surface area contributed by atoms with Crippen molar-refractivity contribution in [1.82, 2.24) is 0 Å². The number of hydrogen-bond acceptors (Lipinski definition) is 4. The average Bonchev–Trinajstić information content (AvgIpc) is 2.93. The number of unbranched alkanes of at least 4 members (excludes halogenated alkanes) is 12. The lowest BCUT2D eigenvalue weighted by atomic mass is 10.1. The number of ether oxygens (including phenoxy) is 2. The van der Waals surface area contributed by atoms with E-state index in [2.05, 4.69) is 31.2 Å². The summed E-state index contributed by atoms with van der Waals surface area (Å²) in [4.78, 5) is 0.